The molecule has 4 heterocycles. The Labute approximate surface area is 243 Å². The molecular weight excluding hydrogens is 546 g/mol. The van der Waals surface area contributed by atoms with Gasteiger partial charge in [0.15, 0.2) is 5.82 Å². The first-order valence-electron chi connectivity index (χ1n) is 14.6. The number of hydrogen-bond acceptors (Lipinski definition) is 10. The number of methoxy groups -OCH3 is 1. The van der Waals surface area contributed by atoms with E-state index >= 15 is 0 Å². The minimum Gasteiger partial charge on any atom is -0.495 e. The molecule has 224 valence electrons. The Morgan fingerprint density at radius 3 is 2.64 bits per heavy atom. The molecule has 3 aromatic rings. The van der Waals surface area contributed by atoms with Crippen LogP contribution in [-0.2, 0) is 11.3 Å². The maximum atomic E-state index is 13.5. The number of rotatable bonds is 8. The molecule has 1 saturated carbocycles. The molecule has 2 aliphatic heterocycles. The number of nitrogens with zero attached hydrogens (tertiary/aromatic N) is 7. The number of aromatic nitrogens is 4. The minimum absolute atomic E-state index is 0.0696. The van der Waals surface area contributed by atoms with Crippen molar-refractivity contribution in [2.45, 2.75) is 76.4 Å². The molecule has 1 atom stereocenters. The van der Waals surface area contributed by atoms with Gasteiger partial charge in [-0.1, -0.05) is 19.8 Å². The number of hydrogen-bond donors (Lipinski definition) is 1. The van der Waals surface area contributed by atoms with Gasteiger partial charge in [-0.15, -0.1) is 10.2 Å². The summed E-state index contributed by atoms with van der Waals surface area (Å²) < 4.78 is 38.5. The number of fused-ring (bicyclic) bond motifs is 1. The van der Waals surface area contributed by atoms with Gasteiger partial charge in [-0.2, -0.15) is 4.98 Å². The second kappa shape index (κ2) is 11.4. The van der Waals surface area contributed by atoms with Crippen LogP contribution in [0.1, 0.15) is 57.8 Å². The van der Waals surface area contributed by atoms with Gasteiger partial charge in [-0.3, -0.25) is 9.69 Å². The van der Waals surface area contributed by atoms with Gasteiger partial charge < -0.3 is 24.3 Å². The van der Waals surface area contributed by atoms with Crippen molar-refractivity contribution in [2.24, 2.45) is 0 Å². The molecule has 3 aliphatic rings. The highest BCUT2D eigenvalue weighted by molar-refractivity contribution is 6.04. The summed E-state index contributed by atoms with van der Waals surface area (Å²) in [7, 11) is 3.35. The van der Waals surface area contributed by atoms with Gasteiger partial charge in [0.25, 0.3) is 5.92 Å². The number of benzene rings is 1. The summed E-state index contributed by atoms with van der Waals surface area (Å²) in [4.78, 5) is 28.4. The SMILES string of the molecule is CC[C@@H]1C(=O)N(C)c2cnc(Nc3ccc(-c4nnc(CN5CCC(F)(F)CC5)o4)cc3OC)nc2N1C1CCCC1. The zero-order valence-corrected chi connectivity index (χ0v) is 24.1. The maximum absolute atomic E-state index is 13.5. The van der Waals surface area contributed by atoms with Crippen molar-refractivity contribution in [3.05, 3.63) is 30.3 Å². The Morgan fingerprint density at radius 2 is 1.93 bits per heavy atom. The molecule has 1 aromatic carbocycles. The fourth-order valence-electron chi connectivity index (χ4n) is 6.16. The molecule has 0 unspecified atom stereocenters. The average Bonchev–Trinajstić information content (AvgIpc) is 3.69. The zero-order valence-electron chi connectivity index (χ0n) is 24.1. The van der Waals surface area contributed by atoms with Crippen molar-refractivity contribution in [1.82, 2.24) is 25.1 Å². The van der Waals surface area contributed by atoms with Gasteiger partial charge in [-0.05, 0) is 37.5 Å². The van der Waals surface area contributed by atoms with Gasteiger partial charge in [0.2, 0.25) is 23.6 Å². The van der Waals surface area contributed by atoms with Crippen LogP contribution in [0.2, 0.25) is 0 Å². The third kappa shape index (κ3) is 5.49. The molecule has 2 aromatic heterocycles. The third-order valence-corrected chi connectivity index (χ3v) is 8.52. The van der Waals surface area contributed by atoms with Crippen LogP contribution in [0.3, 0.4) is 0 Å². The fraction of sp³-hybridized carbons (Fsp3) is 0.552. The first kappa shape index (κ1) is 28.3. The van der Waals surface area contributed by atoms with Crippen molar-refractivity contribution in [2.75, 3.05) is 42.4 Å². The molecule has 11 nitrogen and oxygen atoms in total. The number of alkyl halides is 2. The number of ether oxygens (including phenoxy) is 1. The van der Waals surface area contributed by atoms with E-state index < -0.39 is 5.92 Å². The molecule has 1 amide bonds. The smallest absolute Gasteiger partial charge is 0.250 e. The Hall–Kier alpha value is -3.87. The van der Waals surface area contributed by atoms with Gasteiger partial charge in [0.05, 0.1) is 25.5 Å². The molecule has 42 heavy (non-hydrogen) atoms. The van der Waals surface area contributed by atoms with Crippen LogP contribution >= 0.6 is 0 Å². The van der Waals surface area contributed by atoms with E-state index in [0.29, 0.717) is 53.4 Å². The normalized spacial score (nSPS) is 21.1. The van der Waals surface area contributed by atoms with Gasteiger partial charge in [-0.25, -0.2) is 13.8 Å². The van der Waals surface area contributed by atoms with Crippen LogP contribution in [0, 0.1) is 0 Å². The molecule has 13 heteroatoms. The summed E-state index contributed by atoms with van der Waals surface area (Å²) in [6, 6.07) is 5.46. The van der Waals surface area contributed by atoms with E-state index in [4.69, 9.17) is 14.1 Å². The second-order valence-corrected chi connectivity index (χ2v) is 11.2. The van der Waals surface area contributed by atoms with Crippen LogP contribution in [0.4, 0.5) is 31.9 Å². The van der Waals surface area contributed by atoms with Crippen LogP contribution in [0.5, 0.6) is 5.75 Å². The summed E-state index contributed by atoms with van der Waals surface area (Å²) >= 11 is 0. The number of piperidine rings is 1. The molecule has 0 bridgehead atoms. The number of anilines is 4. The van der Waals surface area contributed by atoms with E-state index in [1.165, 1.54) is 0 Å². The maximum Gasteiger partial charge on any atom is 0.250 e. The van der Waals surface area contributed by atoms with Crippen molar-refractivity contribution in [3.8, 4) is 17.2 Å². The average molecular weight is 583 g/mol. The van der Waals surface area contributed by atoms with E-state index in [2.05, 4.69) is 25.4 Å². The molecule has 1 aliphatic carbocycles. The number of carbonyl (C=O) groups excluding carboxylic acids is 1. The molecule has 6 rings (SSSR count). The van der Waals surface area contributed by atoms with Crippen molar-refractivity contribution < 1.29 is 22.7 Å². The molecule has 0 spiro atoms. The number of nitrogens with one attached hydrogen (secondary N) is 1. The van der Waals surface area contributed by atoms with Gasteiger partial charge in [0.1, 0.15) is 17.5 Å². The van der Waals surface area contributed by atoms with E-state index in [0.717, 1.165) is 31.5 Å². The summed E-state index contributed by atoms with van der Waals surface area (Å²) in [6.07, 6.45) is 6.44. The topological polar surface area (TPSA) is 113 Å². The number of likely N-dealkylation sites (tertiary alicyclic amines) is 1. The van der Waals surface area contributed by atoms with Crippen molar-refractivity contribution in [1.29, 1.82) is 0 Å². The van der Waals surface area contributed by atoms with Crippen LogP contribution in [-0.4, -0.2) is 76.2 Å². The standard InChI is InChI=1S/C29H36F2N8O3/c1-4-21-27(40)37(2)22-16-32-28(34-25(22)39(21)19-7-5-6-8-19)33-20-10-9-18(15-23(20)41-3)26-36-35-24(42-26)17-38-13-11-29(30,31)12-14-38/h9-10,15-16,19,21H,4-8,11-14,17H2,1-3H3,(H,32,33,34)/t21-/m1/s1. The highest BCUT2D eigenvalue weighted by Gasteiger charge is 2.41. The first-order valence-corrected chi connectivity index (χ1v) is 14.6. The van der Waals surface area contributed by atoms with Crippen LogP contribution in [0.15, 0.2) is 28.8 Å². The lowest BCUT2D eigenvalue weighted by molar-refractivity contribution is -0.120. The molecule has 2 fully saturated rings. The summed E-state index contributed by atoms with van der Waals surface area (Å²) in [5.41, 5.74) is 2.01. The second-order valence-electron chi connectivity index (χ2n) is 11.2. The lowest BCUT2D eigenvalue weighted by atomic mass is 10.0. The van der Waals surface area contributed by atoms with Crippen LogP contribution in [0.25, 0.3) is 11.5 Å². The Kier molecular flexibility index (Phi) is 7.69. The number of amides is 1. The van der Waals surface area contributed by atoms with E-state index in [-0.39, 0.29) is 43.9 Å². The van der Waals surface area contributed by atoms with Gasteiger partial charge >= 0.3 is 0 Å². The molecule has 1 saturated heterocycles. The summed E-state index contributed by atoms with van der Waals surface area (Å²) in [6.45, 7) is 2.94. The Morgan fingerprint density at radius 1 is 1.17 bits per heavy atom. The number of likely N-dealkylation sites (N-methyl/N-ethyl adjacent to an activating group) is 1. The third-order valence-electron chi connectivity index (χ3n) is 8.52. The molecular formula is C29H36F2N8O3. The van der Waals surface area contributed by atoms with Gasteiger partial charge in [0, 0.05) is 44.6 Å². The zero-order chi connectivity index (χ0) is 29.4. The van der Waals surface area contributed by atoms with Crippen molar-refractivity contribution in [3.63, 3.8) is 0 Å². The Balaban J connectivity index is 1.21. The van der Waals surface area contributed by atoms with Crippen molar-refractivity contribution >= 4 is 29.0 Å². The number of halogens is 2. The quantitative estimate of drug-likeness (QED) is 0.389. The predicted molar refractivity (Wildman–Crippen MR) is 153 cm³/mol. The predicted octanol–water partition coefficient (Wildman–Crippen LogP) is 5.01. The lowest BCUT2D eigenvalue weighted by Gasteiger charge is -2.43. The highest BCUT2D eigenvalue weighted by Crippen LogP contribution is 2.40. The minimum atomic E-state index is -2.60. The highest BCUT2D eigenvalue weighted by atomic mass is 19.3. The van der Waals surface area contributed by atoms with E-state index in [1.807, 2.05) is 24.0 Å². The first-order chi connectivity index (χ1) is 20.3. The monoisotopic (exact) mass is 582 g/mol. The largest absolute Gasteiger partial charge is 0.495 e. The number of carbonyl (C=O) groups is 1. The fourth-order valence-corrected chi connectivity index (χ4v) is 6.16. The summed E-state index contributed by atoms with van der Waals surface area (Å²) in [5, 5.41) is 11.6. The van der Waals surface area contributed by atoms with E-state index in [1.54, 1.807) is 31.3 Å². The molecule has 0 radical (unpaired) electrons. The summed E-state index contributed by atoms with van der Waals surface area (Å²) in [5.74, 6) is -0.159. The van der Waals surface area contributed by atoms with Crippen LogP contribution < -0.4 is 19.9 Å². The Bertz CT molecular complexity index is 1430. The molecule has 1 N–H and O–H groups in total. The van der Waals surface area contributed by atoms with E-state index in [9.17, 15) is 13.6 Å². The lowest BCUT2D eigenvalue weighted by Crippen LogP contribution is -2.55.